The fraction of sp³-hybridized carbons (Fsp3) is 0.647. The summed E-state index contributed by atoms with van der Waals surface area (Å²) in [5.41, 5.74) is 1.40. The molecule has 0 bridgehead atoms. The van der Waals surface area contributed by atoms with Gasteiger partial charge in [-0.15, -0.1) is 0 Å². The van der Waals surface area contributed by atoms with Crippen molar-refractivity contribution in [2.24, 2.45) is 5.92 Å². The van der Waals surface area contributed by atoms with Gasteiger partial charge in [-0.05, 0) is 38.3 Å². The zero-order valence-electron chi connectivity index (χ0n) is 15.0. The van der Waals surface area contributed by atoms with Crippen molar-refractivity contribution >= 4 is 11.9 Å². The van der Waals surface area contributed by atoms with Gasteiger partial charge in [-0.3, -0.25) is 14.9 Å². The van der Waals surface area contributed by atoms with E-state index in [0.29, 0.717) is 24.6 Å². The number of hydrogen-bond acceptors (Lipinski definition) is 4. The lowest BCUT2D eigenvalue weighted by Gasteiger charge is -2.20. The third kappa shape index (κ3) is 6.44. The molecule has 130 valence electrons. The van der Waals surface area contributed by atoms with E-state index in [1.165, 1.54) is 4.90 Å². The maximum Gasteiger partial charge on any atom is 0.323 e. The van der Waals surface area contributed by atoms with E-state index in [4.69, 9.17) is 4.74 Å². The highest BCUT2D eigenvalue weighted by Gasteiger charge is 2.22. The summed E-state index contributed by atoms with van der Waals surface area (Å²) in [5, 5.41) is 3.22. The zero-order valence-corrected chi connectivity index (χ0v) is 15.0. The van der Waals surface area contributed by atoms with Crippen molar-refractivity contribution < 1.29 is 14.3 Å². The van der Waals surface area contributed by atoms with Gasteiger partial charge in [0.05, 0.1) is 6.10 Å². The lowest BCUT2D eigenvalue weighted by atomic mass is 10.0. The van der Waals surface area contributed by atoms with Crippen LogP contribution in [0.3, 0.4) is 0 Å². The van der Waals surface area contributed by atoms with Crippen LogP contribution in [0.4, 0.5) is 0 Å². The van der Waals surface area contributed by atoms with Crippen LogP contribution in [0, 0.1) is 5.92 Å². The van der Waals surface area contributed by atoms with Gasteiger partial charge in [0.2, 0.25) is 0 Å². The van der Waals surface area contributed by atoms with Crippen LogP contribution >= 0.6 is 0 Å². The number of hydrogen-bond donors (Lipinski definition) is 2. The first-order valence-electron chi connectivity index (χ1n) is 8.04. The molecule has 0 saturated heterocycles. The van der Waals surface area contributed by atoms with E-state index in [2.05, 4.69) is 24.1 Å². The van der Waals surface area contributed by atoms with Crippen molar-refractivity contribution in [2.75, 3.05) is 14.1 Å². The van der Waals surface area contributed by atoms with Crippen LogP contribution in [0.25, 0.3) is 0 Å². The molecule has 0 aromatic carbocycles. The normalized spacial score (nSPS) is 12.5. The molecule has 0 radical (unpaired) electrons. The Labute approximate surface area is 138 Å². The molecule has 1 rings (SSSR count). The highest BCUT2D eigenvalue weighted by atomic mass is 16.5. The molecule has 0 spiro atoms. The van der Waals surface area contributed by atoms with Gasteiger partial charge in [0.1, 0.15) is 11.7 Å². The fourth-order valence-corrected chi connectivity index (χ4v) is 2.19. The molecule has 0 fully saturated rings. The smallest absolute Gasteiger partial charge is 0.323 e. The molecule has 1 heterocycles. The van der Waals surface area contributed by atoms with E-state index >= 15 is 0 Å². The maximum atomic E-state index is 12.2. The summed E-state index contributed by atoms with van der Waals surface area (Å²) in [7, 11) is 3.42. The van der Waals surface area contributed by atoms with Crippen molar-refractivity contribution in [2.45, 2.75) is 52.8 Å². The Hall–Kier alpha value is -1.82. The number of aromatic nitrogens is 1. The Balaban J connectivity index is 2.67. The number of nitrogens with zero attached hydrogens (tertiary/aromatic N) is 1. The van der Waals surface area contributed by atoms with Gasteiger partial charge in [0, 0.05) is 26.3 Å². The number of amides is 1. The first-order valence-corrected chi connectivity index (χ1v) is 8.04. The predicted octanol–water partition coefficient (Wildman–Crippen LogP) is 2.17. The number of ether oxygens (including phenoxy) is 1. The molecule has 23 heavy (non-hydrogen) atoms. The summed E-state index contributed by atoms with van der Waals surface area (Å²) < 4.78 is 5.30. The van der Waals surface area contributed by atoms with E-state index in [1.807, 2.05) is 19.9 Å². The van der Waals surface area contributed by atoms with Crippen molar-refractivity contribution in [1.82, 2.24) is 15.2 Å². The van der Waals surface area contributed by atoms with Gasteiger partial charge in [0.15, 0.2) is 0 Å². The number of esters is 1. The van der Waals surface area contributed by atoms with Gasteiger partial charge in [-0.1, -0.05) is 13.8 Å². The summed E-state index contributed by atoms with van der Waals surface area (Å²) in [6.07, 6.45) is 0.573. The minimum Gasteiger partial charge on any atom is -0.462 e. The molecule has 0 aliphatic carbocycles. The van der Waals surface area contributed by atoms with Crippen molar-refractivity contribution in [3.8, 4) is 0 Å². The maximum absolute atomic E-state index is 12.2. The van der Waals surface area contributed by atoms with Gasteiger partial charge in [-0.2, -0.15) is 0 Å². The summed E-state index contributed by atoms with van der Waals surface area (Å²) >= 11 is 0. The van der Waals surface area contributed by atoms with Crippen LogP contribution in [0.5, 0.6) is 0 Å². The van der Waals surface area contributed by atoms with E-state index < -0.39 is 0 Å². The molecule has 1 aromatic heterocycles. The fourth-order valence-electron chi connectivity index (χ4n) is 2.19. The van der Waals surface area contributed by atoms with Crippen molar-refractivity contribution in [1.29, 1.82) is 0 Å². The third-order valence-electron chi connectivity index (χ3n) is 3.27. The largest absolute Gasteiger partial charge is 0.462 e. The van der Waals surface area contributed by atoms with E-state index in [9.17, 15) is 9.59 Å². The molecule has 0 aliphatic heterocycles. The molecular formula is C17H29N3O3. The lowest BCUT2D eigenvalue weighted by Crippen LogP contribution is -2.39. The second kappa shape index (κ2) is 8.72. The molecule has 1 aromatic rings. The van der Waals surface area contributed by atoms with Gasteiger partial charge < -0.3 is 14.6 Å². The lowest BCUT2D eigenvalue weighted by molar-refractivity contribution is -0.150. The second-order valence-corrected chi connectivity index (χ2v) is 6.65. The molecule has 0 aliphatic rings. The van der Waals surface area contributed by atoms with Crippen molar-refractivity contribution in [3.05, 3.63) is 23.5 Å². The highest BCUT2D eigenvalue weighted by Crippen LogP contribution is 2.10. The predicted molar refractivity (Wildman–Crippen MR) is 90.1 cm³/mol. The van der Waals surface area contributed by atoms with Crippen molar-refractivity contribution in [3.63, 3.8) is 0 Å². The molecule has 2 N–H and O–H groups in total. The molecule has 6 heteroatoms. The topological polar surface area (TPSA) is 74.4 Å². The molecule has 6 nitrogen and oxygen atoms in total. The number of aromatic amines is 1. The van der Waals surface area contributed by atoms with Crippen LogP contribution < -0.4 is 5.32 Å². The Morgan fingerprint density at radius 2 is 1.87 bits per heavy atom. The summed E-state index contributed by atoms with van der Waals surface area (Å²) in [6, 6.07) is 3.25. The molecule has 1 atom stereocenters. The first kappa shape index (κ1) is 19.2. The van der Waals surface area contributed by atoms with E-state index in [0.717, 1.165) is 5.69 Å². The highest BCUT2D eigenvalue weighted by molar-refractivity contribution is 5.92. The molecule has 1 amide bonds. The van der Waals surface area contributed by atoms with E-state index in [-0.39, 0.29) is 24.0 Å². The quantitative estimate of drug-likeness (QED) is 0.719. The van der Waals surface area contributed by atoms with Gasteiger partial charge >= 0.3 is 5.97 Å². The standard InChI is InChI=1S/C17H29N3O3/c1-11(2)9-15(17(22)23-12(3)4)18-10-13-7-8-14(19-13)16(21)20(5)6/h7-8,11-12,15,18-19H,9-10H2,1-6H3/t15-/m0/s1. The SMILES string of the molecule is CC(C)C[C@H](NCc1ccc(C(=O)N(C)C)[nH]1)C(=O)OC(C)C. The van der Waals surface area contributed by atoms with Crippen LogP contribution in [0.15, 0.2) is 12.1 Å². The van der Waals surface area contributed by atoms with Gasteiger partial charge in [0.25, 0.3) is 5.91 Å². The summed E-state index contributed by atoms with van der Waals surface area (Å²) in [5.74, 6) is 0.0702. The van der Waals surface area contributed by atoms with Crippen LogP contribution in [-0.2, 0) is 16.1 Å². The molecule has 0 unspecified atom stereocenters. The minimum absolute atomic E-state index is 0.0748. The summed E-state index contributed by atoms with van der Waals surface area (Å²) in [6.45, 7) is 8.30. The molecule has 0 saturated carbocycles. The number of carbonyl (C=O) groups excluding carboxylic acids is 2. The third-order valence-corrected chi connectivity index (χ3v) is 3.27. The Kier molecular flexibility index (Phi) is 7.29. The van der Waals surface area contributed by atoms with E-state index in [1.54, 1.807) is 20.2 Å². The Morgan fingerprint density at radius 1 is 1.22 bits per heavy atom. The number of nitrogens with one attached hydrogen (secondary N) is 2. The van der Waals surface area contributed by atoms with Gasteiger partial charge in [-0.25, -0.2) is 0 Å². The summed E-state index contributed by atoms with van der Waals surface area (Å²) in [4.78, 5) is 28.6. The average Bonchev–Trinajstić information content (AvgIpc) is 2.89. The minimum atomic E-state index is -0.353. The van der Waals surface area contributed by atoms with Crippen LogP contribution in [0.2, 0.25) is 0 Å². The zero-order chi connectivity index (χ0) is 17.6. The average molecular weight is 323 g/mol. The molecular weight excluding hydrogens is 294 g/mol. The number of rotatable bonds is 8. The second-order valence-electron chi connectivity index (χ2n) is 6.65. The van der Waals surface area contributed by atoms with Crippen LogP contribution in [-0.4, -0.2) is 48.0 Å². The Morgan fingerprint density at radius 3 is 2.39 bits per heavy atom. The number of carbonyl (C=O) groups is 2. The monoisotopic (exact) mass is 323 g/mol. The van der Waals surface area contributed by atoms with Crippen LogP contribution in [0.1, 0.15) is 50.3 Å². The first-order chi connectivity index (χ1) is 10.7. The Bertz CT molecular complexity index is 521. The number of H-pyrrole nitrogens is 1.